The van der Waals surface area contributed by atoms with Gasteiger partial charge in [-0.2, -0.15) is 0 Å². The Morgan fingerprint density at radius 2 is 1.86 bits per heavy atom. The summed E-state index contributed by atoms with van der Waals surface area (Å²) in [4.78, 5) is 11.9. The molecule has 0 radical (unpaired) electrons. The molecule has 6 heteroatoms. The Hall–Kier alpha value is -2.99. The van der Waals surface area contributed by atoms with E-state index >= 15 is 0 Å². The van der Waals surface area contributed by atoms with Gasteiger partial charge in [-0.1, -0.05) is 13.0 Å². The molecule has 0 amide bonds. The Bertz CT molecular complexity index is 1060. The molecule has 1 aromatic heterocycles. The summed E-state index contributed by atoms with van der Waals surface area (Å²) >= 11 is 0. The Morgan fingerprint density at radius 3 is 2.68 bits per heavy atom. The fourth-order valence-electron chi connectivity index (χ4n) is 3.53. The molecular weight excluding hydrogens is 358 g/mol. The number of hydrogen-bond acceptors (Lipinski definition) is 5. The van der Waals surface area contributed by atoms with E-state index in [1.807, 2.05) is 25.1 Å². The summed E-state index contributed by atoms with van der Waals surface area (Å²) in [5.74, 6) is 1.77. The third-order valence-electron chi connectivity index (χ3n) is 5.02. The quantitative estimate of drug-likeness (QED) is 0.504. The van der Waals surface area contributed by atoms with Crippen molar-refractivity contribution in [3.8, 4) is 17.2 Å². The molecule has 28 heavy (non-hydrogen) atoms. The highest BCUT2D eigenvalue weighted by Crippen LogP contribution is 2.30. The molecule has 0 bridgehead atoms. The van der Waals surface area contributed by atoms with E-state index < -0.39 is 5.63 Å². The Morgan fingerprint density at radius 1 is 1.04 bits per heavy atom. The fraction of sp³-hybridized carbons (Fsp3) is 0.318. The van der Waals surface area contributed by atoms with Crippen LogP contribution in [-0.4, -0.2) is 24.9 Å². The van der Waals surface area contributed by atoms with Gasteiger partial charge in [-0.05, 0) is 35.7 Å². The summed E-state index contributed by atoms with van der Waals surface area (Å²) in [7, 11) is 0. The van der Waals surface area contributed by atoms with Gasteiger partial charge in [0.1, 0.15) is 31.1 Å². The highest BCUT2D eigenvalue weighted by molar-refractivity contribution is 5.82. The van der Waals surface area contributed by atoms with Crippen LogP contribution >= 0.6 is 0 Å². The van der Waals surface area contributed by atoms with Gasteiger partial charge in [-0.15, -0.1) is 0 Å². The van der Waals surface area contributed by atoms with E-state index in [9.17, 15) is 9.90 Å². The van der Waals surface area contributed by atoms with Gasteiger partial charge in [0.05, 0.1) is 6.54 Å². The summed E-state index contributed by atoms with van der Waals surface area (Å²) < 4.78 is 16.4. The van der Waals surface area contributed by atoms with Crippen LogP contribution in [0.3, 0.4) is 0 Å². The average molecular weight is 382 g/mol. The molecular formula is C22H24NO5+. The molecule has 1 aliphatic rings. The summed E-state index contributed by atoms with van der Waals surface area (Å²) in [6.07, 6.45) is 1.60. The number of aryl methyl sites for hydroxylation is 1. The third-order valence-corrected chi connectivity index (χ3v) is 5.02. The first-order chi connectivity index (χ1) is 13.6. The lowest BCUT2D eigenvalue weighted by atomic mass is 10.0. The van der Waals surface area contributed by atoms with Crippen LogP contribution in [0, 0.1) is 0 Å². The van der Waals surface area contributed by atoms with E-state index in [0.29, 0.717) is 31.8 Å². The molecule has 2 aromatic carbocycles. The molecule has 6 nitrogen and oxygen atoms in total. The zero-order chi connectivity index (χ0) is 19.5. The van der Waals surface area contributed by atoms with E-state index in [-0.39, 0.29) is 5.75 Å². The fourth-order valence-corrected chi connectivity index (χ4v) is 3.53. The minimum Gasteiger partial charge on any atom is -0.508 e. The number of nitrogens with two attached hydrogens (primary N) is 1. The van der Waals surface area contributed by atoms with Crippen molar-refractivity contribution in [1.82, 2.24) is 0 Å². The van der Waals surface area contributed by atoms with E-state index in [1.165, 1.54) is 11.6 Å². The van der Waals surface area contributed by atoms with Gasteiger partial charge in [-0.3, -0.25) is 0 Å². The minimum absolute atomic E-state index is 0.165. The topological polar surface area (TPSA) is 85.5 Å². The normalized spacial score (nSPS) is 13.0. The first-order valence-electron chi connectivity index (χ1n) is 9.63. The van der Waals surface area contributed by atoms with Crippen LogP contribution in [0.5, 0.6) is 17.2 Å². The summed E-state index contributed by atoms with van der Waals surface area (Å²) in [6, 6.07) is 11.0. The van der Waals surface area contributed by atoms with Gasteiger partial charge in [0.15, 0.2) is 11.5 Å². The average Bonchev–Trinajstić information content (AvgIpc) is 2.70. The number of phenolic OH excluding ortho intramolecular Hbond substituents is 1. The minimum atomic E-state index is -0.397. The number of hydrogen-bond donors (Lipinski definition) is 2. The van der Waals surface area contributed by atoms with Crippen LogP contribution < -0.4 is 20.4 Å². The molecule has 0 saturated carbocycles. The predicted molar refractivity (Wildman–Crippen MR) is 105 cm³/mol. The maximum atomic E-state index is 11.9. The van der Waals surface area contributed by atoms with Crippen molar-refractivity contribution < 1.29 is 24.3 Å². The molecule has 146 valence electrons. The molecule has 0 atom stereocenters. The van der Waals surface area contributed by atoms with Gasteiger partial charge >= 0.3 is 5.63 Å². The van der Waals surface area contributed by atoms with Crippen LogP contribution in [0.1, 0.15) is 23.6 Å². The number of fused-ring (bicyclic) bond motifs is 2. The molecule has 0 unspecified atom stereocenters. The first-order valence-corrected chi connectivity index (χ1v) is 9.63. The maximum absolute atomic E-state index is 11.9. The van der Waals surface area contributed by atoms with Crippen LogP contribution in [0.2, 0.25) is 0 Å². The molecule has 3 aromatic rings. The van der Waals surface area contributed by atoms with Crippen LogP contribution in [0.25, 0.3) is 11.0 Å². The highest BCUT2D eigenvalue weighted by atomic mass is 16.6. The van der Waals surface area contributed by atoms with Crippen molar-refractivity contribution in [2.24, 2.45) is 0 Å². The van der Waals surface area contributed by atoms with Crippen LogP contribution in [-0.2, 0) is 19.4 Å². The number of quaternary nitrogens is 1. The maximum Gasteiger partial charge on any atom is 0.336 e. The van der Waals surface area contributed by atoms with E-state index in [1.54, 1.807) is 6.07 Å². The highest BCUT2D eigenvalue weighted by Gasteiger charge is 2.13. The van der Waals surface area contributed by atoms with E-state index in [4.69, 9.17) is 13.9 Å². The number of phenols is 1. The largest absolute Gasteiger partial charge is 0.508 e. The van der Waals surface area contributed by atoms with E-state index in [0.717, 1.165) is 41.0 Å². The number of aromatic hydroxyl groups is 1. The van der Waals surface area contributed by atoms with Crippen molar-refractivity contribution in [2.75, 3.05) is 19.8 Å². The predicted octanol–water partition coefficient (Wildman–Crippen LogP) is 2.14. The lowest BCUT2D eigenvalue weighted by Crippen LogP contribution is -2.83. The second-order valence-corrected chi connectivity index (χ2v) is 6.93. The zero-order valence-corrected chi connectivity index (χ0v) is 15.9. The Labute approximate surface area is 162 Å². The number of rotatable bonds is 6. The second-order valence-electron chi connectivity index (χ2n) is 6.93. The van der Waals surface area contributed by atoms with Gasteiger partial charge < -0.3 is 24.3 Å². The molecule has 0 aliphatic carbocycles. The third kappa shape index (κ3) is 3.82. The summed E-state index contributed by atoms with van der Waals surface area (Å²) in [6.45, 7) is 4.71. The Kier molecular flexibility index (Phi) is 5.21. The number of benzene rings is 2. The van der Waals surface area contributed by atoms with Crippen LogP contribution in [0.15, 0.2) is 45.6 Å². The molecule has 0 saturated heterocycles. The number of ether oxygens (including phenoxy) is 2. The van der Waals surface area contributed by atoms with Crippen molar-refractivity contribution >= 4 is 11.0 Å². The lowest BCUT2D eigenvalue weighted by molar-refractivity contribution is -0.670. The smallest absolute Gasteiger partial charge is 0.336 e. The molecule has 4 rings (SSSR count). The molecule has 3 N–H and O–H groups in total. The van der Waals surface area contributed by atoms with Crippen molar-refractivity contribution in [1.29, 1.82) is 0 Å². The van der Waals surface area contributed by atoms with Crippen molar-refractivity contribution in [3.63, 3.8) is 0 Å². The van der Waals surface area contributed by atoms with E-state index in [2.05, 4.69) is 11.4 Å². The zero-order valence-electron chi connectivity index (χ0n) is 15.9. The van der Waals surface area contributed by atoms with Gasteiger partial charge in [0.2, 0.25) is 0 Å². The molecule has 2 heterocycles. The van der Waals surface area contributed by atoms with Gasteiger partial charge in [0, 0.05) is 29.5 Å². The van der Waals surface area contributed by atoms with Crippen molar-refractivity contribution in [2.45, 2.75) is 26.3 Å². The Balaban J connectivity index is 1.45. The van der Waals surface area contributed by atoms with Gasteiger partial charge in [-0.25, -0.2) is 4.79 Å². The lowest BCUT2D eigenvalue weighted by Gasteiger charge is -2.18. The first kappa shape index (κ1) is 18.4. The monoisotopic (exact) mass is 382 g/mol. The van der Waals surface area contributed by atoms with Gasteiger partial charge in [0.25, 0.3) is 0 Å². The summed E-state index contributed by atoms with van der Waals surface area (Å²) in [5, 5.41) is 13.1. The molecule has 1 aliphatic heterocycles. The molecule has 0 spiro atoms. The second kappa shape index (κ2) is 7.94. The standard InChI is InChI=1S/C22H23NO5/c1-2-15-10-17-16(11-22(25)28-20(17)12-18(15)24)13-23-6-5-14-3-4-19-21(9-14)27-8-7-26-19/h3-4,9-12,23-24H,2,5-8,13H2,1H3/p+1. The van der Waals surface area contributed by atoms with Crippen LogP contribution in [0.4, 0.5) is 0 Å². The SMILES string of the molecule is CCc1cc2c(C[NH2+]CCc3ccc4c(c3)OCCO4)cc(=O)oc2cc1O. The van der Waals surface area contributed by atoms with Crippen molar-refractivity contribution in [3.05, 3.63) is 63.5 Å². The summed E-state index contributed by atoms with van der Waals surface area (Å²) in [5.41, 5.74) is 2.99. The molecule has 0 fully saturated rings.